The van der Waals surface area contributed by atoms with Gasteiger partial charge in [0.1, 0.15) is 40.0 Å². The zero-order valence-electron chi connectivity index (χ0n) is 37.1. The minimum atomic E-state index is -0.836. The number of β-amino-alcohol motifs (C(OH)–C–C–N with tert-alkyl or cyclic N) is 1. The van der Waals surface area contributed by atoms with Gasteiger partial charge in [0.15, 0.2) is 5.82 Å². The lowest BCUT2D eigenvalue weighted by atomic mass is 9.69. The summed E-state index contributed by atoms with van der Waals surface area (Å²) < 4.78 is 39.8. The molecule has 2 aromatic heterocycles. The molecule has 10 nitrogen and oxygen atoms in total. The maximum absolute atomic E-state index is 16.3. The normalized spacial score (nSPS) is 20.9. The monoisotopic (exact) mass is 883 g/mol. The topological polar surface area (TPSA) is 102 Å². The van der Waals surface area contributed by atoms with Crippen molar-refractivity contribution in [1.82, 2.24) is 19.7 Å². The molecule has 0 amide bonds. The Hall–Kier alpha value is -5.63. The maximum Gasteiger partial charge on any atom is 0.162 e. The van der Waals surface area contributed by atoms with Gasteiger partial charge in [-0.15, -0.1) is 21.5 Å². The molecule has 1 aliphatic carbocycles. The van der Waals surface area contributed by atoms with E-state index in [0.29, 0.717) is 49.3 Å². The van der Waals surface area contributed by atoms with E-state index < -0.39 is 5.60 Å². The summed E-state index contributed by atoms with van der Waals surface area (Å²) in [5, 5.41) is 31.9. The number of nitrogens with zero attached hydrogens (tertiary/aromatic N) is 7. The van der Waals surface area contributed by atoms with Crippen LogP contribution in [0.3, 0.4) is 0 Å². The van der Waals surface area contributed by atoms with Crippen molar-refractivity contribution in [3.63, 3.8) is 0 Å². The molecule has 64 heavy (non-hydrogen) atoms. The van der Waals surface area contributed by atoms with Crippen LogP contribution in [0, 0.1) is 32.4 Å². The van der Waals surface area contributed by atoms with Gasteiger partial charge in [0.2, 0.25) is 0 Å². The van der Waals surface area contributed by atoms with E-state index in [1.165, 1.54) is 6.07 Å². The van der Waals surface area contributed by atoms with Crippen LogP contribution in [0.4, 0.5) is 20.2 Å². The average Bonchev–Trinajstić information content (AvgIpc) is 3.78. The predicted molar refractivity (Wildman–Crippen MR) is 249 cm³/mol. The summed E-state index contributed by atoms with van der Waals surface area (Å²) in [6, 6.07) is 24.2. The van der Waals surface area contributed by atoms with Crippen molar-refractivity contribution in [3.05, 3.63) is 146 Å². The molecule has 1 unspecified atom stereocenters. The largest absolute Gasteiger partial charge is 0.508 e. The average molecular weight is 884 g/mol. The van der Waals surface area contributed by atoms with Crippen LogP contribution >= 0.6 is 11.3 Å². The lowest BCUT2D eigenvalue weighted by Gasteiger charge is -2.44. The Bertz CT molecular complexity index is 2770. The molecule has 4 aromatic carbocycles. The van der Waals surface area contributed by atoms with Crippen LogP contribution < -0.4 is 14.5 Å². The fourth-order valence-electron chi connectivity index (χ4n) is 10.7. The van der Waals surface area contributed by atoms with Crippen LogP contribution in [0.2, 0.25) is 0 Å². The number of piperidine rings is 1. The number of methoxy groups -OCH3 is 1. The van der Waals surface area contributed by atoms with Gasteiger partial charge < -0.3 is 24.7 Å². The molecular weight excluding hydrogens is 829 g/mol. The standard InChI is InChI=1S/C51H55F2N7O3S/c1-30-32(3)64-50-46(30)48(54-31(2)49-56-55-33(4)60(49)50)41-15-11-35(27-44(41)53)58-20-18-51(62,19-21-58)29-57-22-24-59(25-23-57)36-12-16-42(45(28-36)63-5)47-38-17-13-37(61)26-34(38)10-14-40(47)39-8-6-7-9-43(39)52/h6-9,11-13,15-17,26-28,31,40,47,61-62H,10,14,18-25,29H2,1-5H3/t31-,40+,47?/m0/s1. The van der Waals surface area contributed by atoms with E-state index in [1.54, 1.807) is 36.6 Å². The van der Waals surface area contributed by atoms with Gasteiger partial charge in [-0.3, -0.25) is 14.5 Å². The highest BCUT2D eigenvalue weighted by Crippen LogP contribution is 2.50. The molecule has 0 spiro atoms. The van der Waals surface area contributed by atoms with Crippen LogP contribution in [0.25, 0.3) is 5.00 Å². The number of fused-ring (bicyclic) bond motifs is 4. The SMILES string of the molecule is COc1cc(N2CCN(CC3(O)CCN(c4ccc(C5=N[C@@H](C)c6nnc(C)n6-c6sc(C)c(C)c65)c(F)c4)CC3)CC2)ccc1C1c2ccc(O)cc2CC[C@@H]1c1ccccc1F. The second-order valence-electron chi connectivity index (χ2n) is 18.2. The molecule has 6 aromatic rings. The number of anilines is 2. The molecular formula is C51H55F2N7O3S. The van der Waals surface area contributed by atoms with Crippen molar-refractivity contribution >= 4 is 28.4 Å². The number of rotatable bonds is 8. The maximum atomic E-state index is 16.3. The first-order valence-electron chi connectivity index (χ1n) is 22.5. The lowest BCUT2D eigenvalue weighted by molar-refractivity contribution is -0.0173. The van der Waals surface area contributed by atoms with E-state index in [-0.39, 0.29) is 35.3 Å². The predicted octanol–water partition coefficient (Wildman–Crippen LogP) is 9.17. The number of thiophene rings is 1. The van der Waals surface area contributed by atoms with E-state index in [1.807, 2.05) is 50.2 Å². The third-order valence-corrected chi connectivity index (χ3v) is 15.5. The van der Waals surface area contributed by atoms with E-state index in [2.05, 4.69) is 61.5 Å². The van der Waals surface area contributed by atoms with Gasteiger partial charge in [-0.25, -0.2) is 8.78 Å². The minimum Gasteiger partial charge on any atom is -0.508 e. The molecule has 2 fully saturated rings. The summed E-state index contributed by atoms with van der Waals surface area (Å²) in [6.07, 6.45) is 2.69. The van der Waals surface area contributed by atoms with E-state index in [4.69, 9.17) is 9.73 Å². The van der Waals surface area contributed by atoms with Crippen molar-refractivity contribution < 1.29 is 23.7 Å². The van der Waals surface area contributed by atoms with Crippen molar-refractivity contribution in [1.29, 1.82) is 0 Å². The Kier molecular flexibility index (Phi) is 11.1. The van der Waals surface area contributed by atoms with Gasteiger partial charge in [-0.05, 0) is 124 Å². The number of aliphatic hydroxyl groups is 1. The molecule has 4 aliphatic rings. The van der Waals surface area contributed by atoms with Gasteiger partial charge in [0.05, 0.1) is 18.4 Å². The van der Waals surface area contributed by atoms with Crippen molar-refractivity contribution in [2.45, 2.75) is 76.9 Å². The van der Waals surface area contributed by atoms with Crippen LogP contribution in [-0.4, -0.2) is 94.1 Å². The number of aryl methyl sites for hydroxylation is 3. The van der Waals surface area contributed by atoms with Crippen molar-refractivity contribution in [3.8, 4) is 16.5 Å². The highest BCUT2D eigenvalue weighted by atomic mass is 32.1. The first kappa shape index (κ1) is 42.3. The summed E-state index contributed by atoms with van der Waals surface area (Å²) in [5.74, 6) is 1.80. The second kappa shape index (κ2) is 16.7. The molecule has 2 N–H and O–H groups in total. The molecule has 0 saturated carbocycles. The number of phenolic OH excluding ortho intramolecular Hbond substituents is 1. The number of hydrogen-bond acceptors (Lipinski definition) is 10. The summed E-state index contributed by atoms with van der Waals surface area (Å²) in [6.45, 7) is 13.1. The number of piperazine rings is 1. The third kappa shape index (κ3) is 7.54. The van der Waals surface area contributed by atoms with Gasteiger partial charge in [0, 0.05) is 90.7 Å². The fourth-order valence-corrected chi connectivity index (χ4v) is 11.9. The van der Waals surface area contributed by atoms with Crippen LogP contribution in [0.1, 0.15) is 99.5 Å². The van der Waals surface area contributed by atoms with Crippen LogP contribution in [0.15, 0.2) is 83.9 Å². The number of aromatic nitrogens is 3. The van der Waals surface area contributed by atoms with E-state index in [0.717, 1.165) is 105 Å². The molecule has 0 bridgehead atoms. The molecule has 332 valence electrons. The molecule has 2 saturated heterocycles. The number of halogens is 2. The van der Waals surface area contributed by atoms with E-state index >= 15 is 8.78 Å². The summed E-state index contributed by atoms with van der Waals surface area (Å²) >= 11 is 1.66. The second-order valence-corrected chi connectivity index (χ2v) is 19.4. The summed E-state index contributed by atoms with van der Waals surface area (Å²) in [7, 11) is 1.70. The highest BCUT2D eigenvalue weighted by molar-refractivity contribution is 7.15. The number of benzene rings is 4. The molecule has 5 heterocycles. The molecule has 3 aliphatic heterocycles. The molecule has 10 rings (SSSR count). The quantitative estimate of drug-likeness (QED) is 0.156. The molecule has 3 atom stereocenters. The lowest BCUT2D eigenvalue weighted by Crippen LogP contribution is -2.55. The third-order valence-electron chi connectivity index (χ3n) is 14.3. The van der Waals surface area contributed by atoms with Gasteiger partial charge >= 0.3 is 0 Å². The fraction of sp³-hybridized carbons (Fsp3) is 0.392. The smallest absolute Gasteiger partial charge is 0.162 e. The number of aliphatic imine (C=N–C) groups is 1. The van der Waals surface area contributed by atoms with E-state index in [9.17, 15) is 10.2 Å². The zero-order chi connectivity index (χ0) is 44.4. The summed E-state index contributed by atoms with van der Waals surface area (Å²) in [5.41, 5.74) is 8.05. The number of aromatic hydroxyl groups is 1. The van der Waals surface area contributed by atoms with Gasteiger partial charge in [-0.1, -0.05) is 30.3 Å². The first-order chi connectivity index (χ1) is 30.9. The Morgan fingerprint density at radius 1 is 0.812 bits per heavy atom. The summed E-state index contributed by atoms with van der Waals surface area (Å²) in [4.78, 5) is 13.1. The molecule has 13 heteroatoms. The van der Waals surface area contributed by atoms with Gasteiger partial charge in [0.25, 0.3) is 0 Å². The Balaban J connectivity index is 0.793. The Labute approximate surface area is 377 Å². The zero-order valence-corrected chi connectivity index (χ0v) is 37.9. The Morgan fingerprint density at radius 2 is 1.53 bits per heavy atom. The van der Waals surface area contributed by atoms with Crippen LogP contribution in [0.5, 0.6) is 11.5 Å². The molecule has 0 radical (unpaired) electrons. The van der Waals surface area contributed by atoms with Gasteiger partial charge in [-0.2, -0.15) is 0 Å². The number of ether oxygens (including phenoxy) is 1. The minimum absolute atomic E-state index is 0.0868. The Morgan fingerprint density at radius 3 is 2.28 bits per heavy atom. The number of phenols is 1. The van der Waals surface area contributed by atoms with Crippen molar-refractivity contribution in [2.24, 2.45) is 4.99 Å². The highest BCUT2D eigenvalue weighted by Gasteiger charge is 2.38. The first-order valence-corrected chi connectivity index (χ1v) is 23.3. The number of hydrogen-bond donors (Lipinski definition) is 2. The van der Waals surface area contributed by atoms with Crippen LogP contribution in [-0.2, 0) is 6.42 Å². The van der Waals surface area contributed by atoms with Crippen molar-refractivity contribution in [2.75, 3.05) is 62.7 Å².